The summed E-state index contributed by atoms with van der Waals surface area (Å²) in [5.41, 5.74) is 0.413. The maximum Gasteiger partial charge on any atom is 0.333 e. The van der Waals surface area contributed by atoms with Gasteiger partial charge in [-0.2, -0.15) is 0 Å². The third kappa shape index (κ3) is 17.2. The highest BCUT2D eigenvalue weighted by Crippen LogP contribution is 2.28. The van der Waals surface area contributed by atoms with Gasteiger partial charge in [-0.05, 0) is 97.3 Å². The van der Waals surface area contributed by atoms with Crippen LogP contribution in [0, 0.1) is 0 Å². The van der Waals surface area contributed by atoms with Crippen molar-refractivity contribution in [3.8, 4) is 0 Å². The van der Waals surface area contributed by atoms with Crippen LogP contribution in [0.3, 0.4) is 0 Å². The van der Waals surface area contributed by atoms with E-state index in [1.807, 2.05) is 0 Å². The first-order valence-electron chi connectivity index (χ1n) is 12.9. The van der Waals surface area contributed by atoms with Crippen molar-refractivity contribution in [3.63, 3.8) is 0 Å². The summed E-state index contributed by atoms with van der Waals surface area (Å²) in [4.78, 5) is 22.9. The molecule has 8 nitrogen and oxygen atoms in total. The zero-order valence-electron chi connectivity index (χ0n) is 24.9. The van der Waals surface area contributed by atoms with Crippen molar-refractivity contribution in [1.82, 2.24) is 0 Å². The molecule has 0 saturated carbocycles. The van der Waals surface area contributed by atoms with E-state index in [4.69, 9.17) is 25.9 Å². The molecule has 0 spiro atoms. The number of hydrogen-bond acceptors (Lipinski definition) is 8. The predicted octanol–water partition coefficient (Wildman–Crippen LogP) is 6.42. The Balaban J connectivity index is 4.83. The maximum atomic E-state index is 11.6. The number of ether oxygens (including phenoxy) is 2. The SMILES string of the molecule is C=C(C)C(=O)OCCC[Si](C)(C)O[Si](C)(C)O[Si](C)(C)O[Si](C)(C)O[Si](C)(C)CCCOC(=O)CC. The van der Waals surface area contributed by atoms with Crippen molar-refractivity contribution < 1.29 is 35.5 Å². The normalized spacial score (nSPS) is 13.4. The van der Waals surface area contributed by atoms with Crippen LogP contribution in [0.5, 0.6) is 0 Å². The first-order valence-corrected chi connectivity index (χ1v) is 27.6. The number of carbonyl (C=O) groups is 2. The monoisotopic (exact) mass is 596 g/mol. The summed E-state index contributed by atoms with van der Waals surface area (Å²) in [6, 6.07) is 1.77. The van der Waals surface area contributed by atoms with Crippen LogP contribution in [0.2, 0.25) is 77.6 Å². The highest BCUT2D eigenvalue weighted by molar-refractivity contribution is 6.90. The summed E-state index contributed by atoms with van der Waals surface area (Å²) in [7, 11) is -11.5. The molecule has 0 aromatic heterocycles. The van der Waals surface area contributed by atoms with E-state index < -0.39 is 42.3 Å². The third-order valence-corrected chi connectivity index (χ3v) is 24.3. The van der Waals surface area contributed by atoms with Crippen LogP contribution in [0.1, 0.15) is 33.1 Å². The molecule has 0 heterocycles. The van der Waals surface area contributed by atoms with Gasteiger partial charge < -0.3 is 25.9 Å². The lowest BCUT2D eigenvalue weighted by molar-refractivity contribution is -0.143. The van der Waals surface area contributed by atoms with Crippen molar-refractivity contribution in [2.24, 2.45) is 0 Å². The van der Waals surface area contributed by atoms with E-state index in [0.717, 1.165) is 24.9 Å². The number of esters is 2. The van der Waals surface area contributed by atoms with Gasteiger partial charge in [0.2, 0.25) is 0 Å². The Morgan fingerprint density at radius 3 is 1.36 bits per heavy atom. The average Bonchev–Trinajstić information content (AvgIpc) is 2.64. The average molecular weight is 597 g/mol. The molecule has 0 aromatic carbocycles. The summed E-state index contributed by atoms with van der Waals surface area (Å²) in [5, 5.41) is 0. The fourth-order valence-corrected chi connectivity index (χ4v) is 28.8. The lowest BCUT2D eigenvalue weighted by Crippen LogP contribution is -2.58. The Morgan fingerprint density at radius 2 is 1.00 bits per heavy atom. The van der Waals surface area contributed by atoms with Gasteiger partial charge in [-0.3, -0.25) is 4.79 Å². The highest BCUT2D eigenvalue weighted by Gasteiger charge is 2.45. The van der Waals surface area contributed by atoms with Crippen molar-refractivity contribution in [2.75, 3.05) is 13.2 Å². The second kappa shape index (κ2) is 14.7. The van der Waals surface area contributed by atoms with Gasteiger partial charge in [-0.25, -0.2) is 4.79 Å². The van der Waals surface area contributed by atoms with Crippen molar-refractivity contribution in [3.05, 3.63) is 12.2 Å². The van der Waals surface area contributed by atoms with E-state index in [1.54, 1.807) is 13.8 Å². The molecule has 0 aliphatic heterocycles. The summed E-state index contributed by atoms with van der Waals surface area (Å²) >= 11 is 0. The van der Waals surface area contributed by atoms with E-state index in [9.17, 15) is 9.59 Å². The van der Waals surface area contributed by atoms with E-state index in [0.29, 0.717) is 25.2 Å². The second-order valence-corrected chi connectivity index (χ2v) is 31.5. The Bertz CT molecular complexity index is 738. The van der Waals surface area contributed by atoms with Crippen LogP contribution >= 0.6 is 0 Å². The Labute approximate surface area is 225 Å². The first-order chi connectivity index (χ1) is 16.1. The molecule has 0 bridgehead atoms. The molecule has 0 unspecified atom stereocenters. The van der Waals surface area contributed by atoms with Gasteiger partial charge in [0.15, 0.2) is 16.6 Å². The molecule has 0 radical (unpaired) electrons. The Morgan fingerprint density at radius 1 is 0.639 bits per heavy atom. The molecule has 0 fully saturated rings. The fraction of sp³-hybridized carbons (Fsp3) is 0.826. The van der Waals surface area contributed by atoms with Crippen LogP contribution < -0.4 is 0 Å². The minimum atomic E-state index is -2.53. The van der Waals surface area contributed by atoms with Gasteiger partial charge in [0.05, 0.1) is 13.2 Å². The van der Waals surface area contributed by atoms with Crippen LogP contribution in [0.15, 0.2) is 12.2 Å². The minimum absolute atomic E-state index is 0.162. The van der Waals surface area contributed by atoms with Gasteiger partial charge >= 0.3 is 37.6 Å². The predicted molar refractivity (Wildman–Crippen MR) is 158 cm³/mol. The van der Waals surface area contributed by atoms with Gasteiger partial charge in [0.1, 0.15) is 0 Å². The molecule has 0 amide bonds. The minimum Gasteiger partial charge on any atom is -0.466 e. The van der Waals surface area contributed by atoms with Gasteiger partial charge in [-0.15, -0.1) is 0 Å². The van der Waals surface area contributed by atoms with Crippen molar-refractivity contribution >= 4 is 54.3 Å². The summed E-state index contributed by atoms with van der Waals surface area (Å²) in [5.74, 6) is -0.511. The molecule has 0 rings (SSSR count). The van der Waals surface area contributed by atoms with Crippen molar-refractivity contribution in [1.29, 1.82) is 0 Å². The third-order valence-electron chi connectivity index (χ3n) is 5.01. The van der Waals surface area contributed by atoms with Crippen molar-refractivity contribution in [2.45, 2.75) is 111 Å². The second-order valence-electron chi connectivity index (χ2n) is 11.8. The zero-order chi connectivity index (χ0) is 28.4. The molecular weight excluding hydrogens is 545 g/mol. The molecule has 13 heteroatoms. The van der Waals surface area contributed by atoms with Crippen LogP contribution in [-0.4, -0.2) is 67.5 Å². The smallest absolute Gasteiger partial charge is 0.333 e. The zero-order valence-corrected chi connectivity index (χ0v) is 29.9. The van der Waals surface area contributed by atoms with Gasteiger partial charge in [0.25, 0.3) is 0 Å². The molecule has 0 aliphatic rings. The molecule has 0 atom stereocenters. The Hall–Kier alpha value is -0.396. The molecule has 36 heavy (non-hydrogen) atoms. The lowest BCUT2D eigenvalue weighted by atomic mass is 10.4. The summed E-state index contributed by atoms with van der Waals surface area (Å²) < 4.78 is 36.9. The van der Waals surface area contributed by atoms with Crippen LogP contribution in [0.25, 0.3) is 0 Å². The van der Waals surface area contributed by atoms with E-state index >= 15 is 0 Å². The molecule has 0 aromatic rings. The largest absolute Gasteiger partial charge is 0.466 e. The summed E-state index contributed by atoms with van der Waals surface area (Å²) in [6.07, 6.45) is 1.95. The number of hydrogen-bond donors (Lipinski definition) is 0. The fourth-order valence-electron chi connectivity index (χ4n) is 4.25. The van der Waals surface area contributed by atoms with Gasteiger partial charge in [-0.1, -0.05) is 13.5 Å². The Kier molecular flexibility index (Phi) is 14.5. The number of rotatable bonds is 18. The standard InChI is InChI=1S/C23H52O8Si5/c1-14-22(24)26-17-15-19-32(4,5)28-34(8,9)30-36(12,13)31-35(10,11)29-33(6,7)20-16-18-27-23(25)21(2)3/h2,14-20H2,1,3-13H3. The molecular formula is C23H52O8Si5. The number of carbonyl (C=O) groups excluding carboxylic acids is 2. The molecule has 0 aliphatic carbocycles. The first kappa shape index (κ1) is 35.6. The molecule has 0 N–H and O–H groups in total. The molecule has 212 valence electrons. The quantitative estimate of drug-likeness (QED) is 0.0775. The van der Waals surface area contributed by atoms with Gasteiger partial charge in [0, 0.05) is 12.0 Å². The van der Waals surface area contributed by atoms with Crippen LogP contribution in [-0.2, 0) is 35.5 Å². The molecule has 0 saturated heterocycles. The maximum absolute atomic E-state index is 11.6. The highest BCUT2D eigenvalue weighted by atomic mass is 28.5. The topological polar surface area (TPSA) is 89.5 Å². The van der Waals surface area contributed by atoms with Crippen LogP contribution in [0.4, 0.5) is 0 Å². The van der Waals surface area contributed by atoms with E-state index in [1.165, 1.54) is 0 Å². The van der Waals surface area contributed by atoms with E-state index in [-0.39, 0.29) is 11.9 Å². The summed E-state index contributed by atoms with van der Waals surface area (Å²) in [6.45, 7) is 29.0. The lowest BCUT2D eigenvalue weighted by Gasteiger charge is -2.42. The van der Waals surface area contributed by atoms with E-state index in [2.05, 4.69) is 72.0 Å².